The third-order valence-corrected chi connectivity index (χ3v) is 6.77. The van der Waals surface area contributed by atoms with E-state index in [1.165, 1.54) is 27.7 Å². The van der Waals surface area contributed by atoms with Crippen LogP contribution >= 0.6 is 0 Å². The van der Waals surface area contributed by atoms with Crippen molar-refractivity contribution in [2.45, 2.75) is 64.8 Å². The van der Waals surface area contributed by atoms with Gasteiger partial charge in [0.2, 0.25) is 0 Å². The number of hydrogen-bond acceptors (Lipinski definition) is 3. The highest BCUT2D eigenvalue weighted by atomic mass is 16.5. The van der Waals surface area contributed by atoms with E-state index in [0.717, 1.165) is 37.3 Å². The Labute approximate surface area is 173 Å². The predicted molar refractivity (Wildman–Crippen MR) is 117 cm³/mol. The van der Waals surface area contributed by atoms with Crippen molar-refractivity contribution in [3.05, 3.63) is 64.6 Å². The molecule has 0 N–H and O–H groups in total. The molecular weight excluding hydrogens is 358 g/mol. The number of rotatable bonds is 1. The van der Waals surface area contributed by atoms with Gasteiger partial charge in [-0.05, 0) is 64.9 Å². The number of aromatic nitrogens is 2. The third-order valence-electron chi connectivity index (χ3n) is 6.77. The van der Waals surface area contributed by atoms with Gasteiger partial charge >= 0.3 is 0 Å². The number of likely N-dealkylation sites (N-methyl/N-ethyl adjacent to an activating group) is 1. The molecule has 3 unspecified atom stereocenters. The van der Waals surface area contributed by atoms with Crippen LogP contribution in [0.2, 0.25) is 0 Å². The fourth-order valence-electron chi connectivity index (χ4n) is 5.52. The average molecular weight is 390 g/mol. The first-order chi connectivity index (χ1) is 13.8. The molecule has 29 heavy (non-hydrogen) atoms. The van der Waals surface area contributed by atoms with Crippen molar-refractivity contribution in [3.8, 4) is 0 Å². The largest absolute Gasteiger partial charge is 0.366 e. The number of benzene rings is 1. The summed E-state index contributed by atoms with van der Waals surface area (Å²) in [7, 11) is 2.24. The monoisotopic (exact) mass is 389 g/mol. The van der Waals surface area contributed by atoms with E-state index >= 15 is 0 Å². The summed E-state index contributed by atoms with van der Waals surface area (Å²) in [5.41, 5.74) is 7.50. The summed E-state index contributed by atoms with van der Waals surface area (Å²) in [6, 6.07) is 11.2. The molecule has 4 nitrogen and oxygen atoms in total. The first kappa shape index (κ1) is 18.8. The highest BCUT2D eigenvalue weighted by Crippen LogP contribution is 2.43. The van der Waals surface area contributed by atoms with Crippen LogP contribution in [0.3, 0.4) is 0 Å². The molecule has 4 heterocycles. The van der Waals surface area contributed by atoms with Gasteiger partial charge in [-0.1, -0.05) is 17.7 Å². The molecule has 0 spiro atoms. The Morgan fingerprint density at radius 2 is 2.00 bits per heavy atom. The van der Waals surface area contributed by atoms with E-state index in [9.17, 15) is 0 Å². The van der Waals surface area contributed by atoms with Crippen LogP contribution in [0.1, 0.15) is 54.3 Å². The lowest BCUT2D eigenvalue weighted by atomic mass is 9.88. The molecule has 1 aromatic carbocycles. The minimum Gasteiger partial charge on any atom is -0.366 e. The van der Waals surface area contributed by atoms with Crippen molar-refractivity contribution >= 4 is 10.9 Å². The first-order valence-electron chi connectivity index (χ1n) is 10.8. The first-order valence-corrected chi connectivity index (χ1v) is 10.8. The summed E-state index contributed by atoms with van der Waals surface area (Å²) < 4.78 is 9.32. The molecular formula is C25H31N3O. The average Bonchev–Trinajstić information content (AvgIpc) is 2.93. The lowest BCUT2D eigenvalue weighted by Crippen LogP contribution is -2.41. The second kappa shape index (κ2) is 6.68. The van der Waals surface area contributed by atoms with Gasteiger partial charge in [-0.2, -0.15) is 0 Å². The van der Waals surface area contributed by atoms with Crippen LogP contribution < -0.4 is 0 Å². The number of pyridine rings is 1. The van der Waals surface area contributed by atoms with E-state index < -0.39 is 5.60 Å². The van der Waals surface area contributed by atoms with Crippen LogP contribution in [0.5, 0.6) is 0 Å². The molecule has 0 saturated carbocycles. The van der Waals surface area contributed by atoms with Crippen molar-refractivity contribution in [1.29, 1.82) is 0 Å². The Hall–Kier alpha value is -2.17. The normalized spacial score (nSPS) is 27.5. The van der Waals surface area contributed by atoms with Gasteiger partial charge in [-0.25, -0.2) is 0 Å². The second-order valence-electron chi connectivity index (χ2n) is 9.45. The molecule has 5 rings (SSSR count). The third kappa shape index (κ3) is 3.10. The van der Waals surface area contributed by atoms with Crippen molar-refractivity contribution in [1.82, 2.24) is 14.5 Å². The highest BCUT2D eigenvalue weighted by molar-refractivity contribution is 5.87. The Balaban J connectivity index is 1.73. The van der Waals surface area contributed by atoms with E-state index in [1.54, 1.807) is 0 Å². The maximum absolute atomic E-state index is 6.76. The van der Waals surface area contributed by atoms with Crippen molar-refractivity contribution in [2.24, 2.45) is 0 Å². The maximum Gasteiger partial charge on any atom is 0.110 e. The van der Waals surface area contributed by atoms with Crippen LogP contribution in [0, 0.1) is 13.8 Å². The van der Waals surface area contributed by atoms with Crippen LogP contribution in [0.25, 0.3) is 10.9 Å². The summed E-state index contributed by atoms with van der Waals surface area (Å²) in [6.45, 7) is 11.6. The quantitative estimate of drug-likeness (QED) is 0.593. The van der Waals surface area contributed by atoms with Crippen molar-refractivity contribution < 1.29 is 4.74 Å². The van der Waals surface area contributed by atoms with Crippen LogP contribution in [-0.2, 0) is 23.4 Å². The molecule has 3 aromatic rings. The Morgan fingerprint density at radius 3 is 2.76 bits per heavy atom. The van der Waals surface area contributed by atoms with Gasteiger partial charge in [0.15, 0.2) is 0 Å². The van der Waals surface area contributed by atoms with Crippen molar-refractivity contribution in [3.63, 3.8) is 0 Å². The molecule has 0 bridgehead atoms. The summed E-state index contributed by atoms with van der Waals surface area (Å²) in [5.74, 6) is 0.507. The van der Waals surface area contributed by atoms with Gasteiger partial charge in [0.05, 0.1) is 12.6 Å². The molecule has 2 aliphatic rings. The number of ether oxygens (including phenoxy) is 1. The van der Waals surface area contributed by atoms with Gasteiger partial charge in [0, 0.05) is 53.1 Å². The topological polar surface area (TPSA) is 30.3 Å². The van der Waals surface area contributed by atoms with Crippen LogP contribution in [0.4, 0.5) is 0 Å². The summed E-state index contributed by atoms with van der Waals surface area (Å²) >= 11 is 0. The van der Waals surface area contributed by atoms with E-state index in [2.05, 4.69) is 72.6 Å². The SMILES string of the molecule is Cc1ccc2c(c1)c1c3n2CC(C)(c2ccc(C)nc2)OC(C)CC3CN(C)C1. The number of aryl methyl sites for hydroxylation is 2. The molecule has 0 fully saturated rings. The number of hydrogen-bond donors (Lipinski definition) is 0. The van der Waals surface area contributed by atoms with Gasteiger partial charge in [0.1, 0.15) is 5.60 Å². The lowest BCUT2D eigenvalue weighted by Gasteiger charge is -2.41. The fraction of sp³-hybridized carbons (Fsp3) is 0.480. The predicted octanol–water partition coefficient (Wildman–Crippen LogP) is 4.91. The van der Waals surface area contributed by atoms with Gasteiger partial charge in [-0.15, -0.1) is 0 Å². The molecule has 152 valence electrons. The minimum absolute atomic E-state index is 0.194. The van der Waals surface area contributed by atoms with Crippen molar-refractivity contribution in [2.75, 3.05) is 13.6 Å². The maximum atomic E-state index is 6.76. The second-order valence-corrected chi connectivity index (χ2v) is 9.45. The Bertz CT molecular complexity index is 1070. The lowest BCUT2D eigenvalue weighted by molar-refractivity contribution is -0.102. The number of fused-ring (bicyclic) bond motifs is 3. The van der Waals surface area contributed by atoms with Crippen LogP contribution in [0.15, 0.2) is 36.5 Å². The van der Waals surface area contributed by atoms with Crippen LogP contribution in [-0.4, -0.2) is 34.1 Å². The smallest absolute Gasteiger partial charge is 0.110 e. The summed E-state index contributed by atoms with van der Waals surface area (Å²) in [6.07, 6.45) is 3.23. The summed E-state index contributed by atoms with van der Waals surface area (Å²) in [4.78, 5) is 7.04. The van der Waals surface area contributed by atoms with Gasteiger partial charge in [0.25, 0.3) is 0 Å². The minimum atomic E-state index is -0.404. The van der Waals surface area contributed by atoms with E-state index in [4.69, 9.17) is 4.74 Å². The van der Waals surface area contributed by atoms with E-state index in [-0.39, 0.29) is 6.10 Å². The Kier molecular flexibility index (Phi) is 4.34. The van der Waals surface area contributed by atoms with E-state index in [1.807, 2.05) is 13.1 Å². The zero-order chi connectivity index (χ0) is 20.3. The summed E-state index contributed by atoms with van der Waals surface area (Å²) in [5, 5.41) is 1.41. The molecule has 0 amide bonds. The molecule has 0 aliphatic carbocycles. The molecule has 2 aromatic heterocycles. The zero-order valence-electron chi connectivity index (χ0n) is 18.2. The molecule has 4 heteroatoms. The molecule has 3 atom stereocenters. The molecule has 2 aliphatic heterocycles. The van der Waals surface area contributed by atoms with Gasteiger partial charge in [-0.3, -0.25) is 4.98 Å². The fourth-order valence-corrected chi connectivity index (χ4v) is 5.52. The molecule has 0 saturated heterocycles. The zero-order valence-corrected chi connectivity index (χ0v) is 18.2. The van der Waals surface area contributed by atoms with E-state index in [0.29, 0.717) is 5.92 Å². The van der Waals surface area contributed by atoms with Gasteiger partial charge < -0.3 is 14.2 Å². The molecule has 0 radical (unpaired) electrons. The highest BCUT2D eigenvalue weighted by Gasteiger charge is 2.39. The standard InChI is InChI=1S/C25H31N3O/c1-16-6-9-23-21(10-16)22-14-27(5)13-19-11-18(3)29-25(4,15-28(23)24(19)22)20-8-7-17(2)26-12-20/h6-10,12,18-19H,11,13-15H2,1-5H3. The number of nitrogens with zero attached hydrogens (tertiary/aromatic N) is 3. The Morgan fingerprint density at radius 1 is 1.17 bits per heavy atom.